The van der Waals surface area contributed by atoms with Crippen molar-refractivity contribution in [1.29, 1.82) is 0 Å². The molecule has 0 saturated heterocycles. The molecule has 2 atom stereocenters. The van der Waals surface area contributed by atoms with Crippen LogP contribution < -0.4 is 18.9 Å². The standard InChI is InChI=1S/C17H27NO6S/c1-8-24-16(19)15(18-25(20)17(2,3)4)14-12(22-6)9-11(21-5)10-13(14)23-7/h9-10,15,18H,8H2,1-7H3/t15-,25?/m1/s1. The van der Waals surface area contributed by atoms with Crippen molar-refractivity contribution < 1.29 is 28.0 Å². The van der Waals surface area contributed by atoms with E-state index in [0.717, 1.165) is 0 Å². The molecule has 1 unspecified atom stereocenters. The van der Waals surface area contributed by atoms with E-state index in [0.29, 0.717) is 22.8 Å². The number of nitrogens with one attached hydrogen (secondary N) is 1. The Morgan fingerprint density at radius 3 is 2.00 bits per heavy atom. The lowest BCUT2D eigenvalue weighted by Gasteiger charge is -2.25. The van der Waals surface area contributed by atoms with Crippen LogP contribution in [-0.2, 0) is 20.5 Å². The highest BCUT2D eigenvalue weighted by Crippen LogP contribution is 2.39. The van der Waals surface area contributed by atoms with Crippen molar-refractivity contribution in [1.82, 2.24) is 4.72 Å². The van der Waals surface area contributed by atoms with Crippen molar-refractivity contribution in [2.24, 2.45) is 0 Å². The third kappa shape index (κ3) is 5.34. The quantitative estimate of drug-likeness (QED) is 0.705. The van der Waals surface area contributed by atoms with E-state index in [1.165, 1.54) is 21.3 Å². The van der Waals surface area contributed by atoms with Crippen molar-refractivity contribution in [3.05, 3.63) is 17.7 Å². The summed E-state index contributed by atoms with van der Waals surface area (Å²) in [5, 5.41) is 0. The molecule has 0 fully saturated rings. The lowest BCUT2D eigenvalue weighted by molar-refractivity contribution is -0.145. The van der Waals surface area contributed by atoms with Crippen LogP contribution in [0, 0.1) is 0 Å². The normalized spacial score (nSPS) is 13.7. The molecule has 0 saturated carbocycles. The third-order valence-electron chi connectivity index (χ3n) is 3.35. The largest absolute Gasteiger partial charge is 0.496 e. The predicted molar refractivity (Wildman–Crippen MR) is 96.5 cm³/mol. The van der Waals surface area contributed by atoms with E-state index in [4.69, 9.17) is 18.9 Å². The fourth-order valence-corrected chi connectivity index (χ4v) is 2.83. The highest BCUT2D eigenvalue weighted by atomic mass is 32.2. The lowest BCUT2D eigenvalue weighted by atomic mass is 10.0. The van der Waals surface area contributed by atoms with Gasteiger partial charge < -0.3 is 18.9 Å². The summed E-state index contributed by atoms with van der Waals surface area (Å²) < 4.78 is 36.0. The number of carbonyl (C=O) groups excluding carboxylic acids is 1. The van der Waals surface area contributed by atoms with Crippen LogP contribution in [0.5, 0.6) is 17.2 Å². The van der Waals surface area contributed by atoms with Gasteiger partial charge in [0, 0.05) is 12.1 Å². The number of methoxy groups -OCH3 is 3. The molecule has 1 aromatic rings. The molecule has 142 valence electrons. The van der Waals surface area contributed by atoms with Gasteiger partial charge in [0.05, 0.1) is 49.2 Å². The molecule has 0 aliphatic carbocycles. The van der Waals surface area contributed by atoms with Crippen LogP contribution in [0.15, 0.2) is 12.1 Å². The average molecular weight is 373 g/mol. The van der Waals surface area contributed by atoms with Crippen molar-refractivity contribution >= 4 is 17.0 Å². The topological polar surface area (TPSA) is 83.1 Å². The van der Waals surface area contributed by atoms with Gasteiger partial charge in [0.25, 0.3) is 0 Å². The van der Waals surface area contributed by atoms with Gasteiger partial charge in [-0.2, -0.15) is 0 Å². The zero-order valence-corrected chi connectivity index (χ0v) is 16.6. The zero-order chi connectivity index (χ0) is 19.2. The third-order valence-corrected chi connectivity index (χ3v) is 4.91. The first-order valence-electron chi connectivity index (χ1n) is 7.84. The molecule has 0 bridgehead atoms. The van der Waals surface area contributed by atoms with Crippen molar-refractivity contribution in [3.63, 3.8) is 0 Å². The van der Waals surface area contributed by atoms with E-state index in [1.54, 1.807) is 39.8 Å². The number of rotatable bonds is 8. The number of hydrogen-bond acceptors (Lipinski definition) is 6. The molecule has 1 rings (SSSR count). The van der Waals surface area contributed by atoms with E-state index in [2.05, 4.69) is 4.72 Å². The maximum absolute atomic E-state index is 12.6. The summed E-state index contributed by atoms with van der Waals surface area (Å²) in [4.78, 5) is 12.5. The summed E-state index contributed by atoms with van der Waals surface area (Å²) >= 11 is 0. The Kier molecular flexibility index (Phi) is 7.69. The Labute approximate surface area is 151 Å². The van der Waals surface area contributed by atoms with Gasteiger partial charge in [-0.1, -0.05) is 0 Å². The maximum atomic E-state index is 12.6. The van der Waals surface area contributed by atoms with Gasteiger partial charge >= 0.3 is 5.97 Å². The second-order valence-corrected chi connectivity index (χ2v) is 8.13. The average Bonchev–Trinajstić information content (AvgIpc) is 2.57. The summed E-state index contributed by atoms with van der Waals surface area (Å²) in [7, 11) is 2.95. The van der Waals surface area contributed by atoms with Gasteiger partial charge in [0.15, 0.2) is 0 Å². The zero-order valence-electron chi connectivity index (χ0n) is 15.8. The lowest BCUT2D eigenvalue weighted by Crippen LogP contribution is -2.39. The highest BCUT2D eigenvalue weighted by molar-refractivity contribution is 7.84. The van der Waals surface area contributed by atoms with Gasteiger partial charge in [0.2, 0.25) is 0 Å². The van der Waals surface area contributed by atoms with Gasteiger partial charge in [-0.25, -0.2) is 13.7 Å². The molecular weight excluding hydrogens is 346 g/mol. The van der Waals surface area contributed by atoms with Gasteiger partial charge in [-0.3, -0.25) is 0 Å². The van der Waals surface area contributed by atoms with Crippen LogP contribution in [0.2, 0.25) is 0 Å². The molecular formula is C17H27NO6S. The summed E-state index contributed by atoms with van der Waals surface area (Å²) in [6, 6.07) is 2.24. The smallest absolute Gasteiger partial charge is 0.328 e. The monoisotopic (exact) mass is 373 g/mol. The van der Waals surface area contributed by atoms with Crippen molar-refractivity contribution in [3.8, 4) is 17.2 Å². The number of ether oxygens (including phenoxy) is 4. The number of benzene rings is 1. The Bertz CT molecular complexity index is 601. The van der Waals surface area contributed by atoms with E-state index in [9.17, 15) is 9.00 Å². The highest BCUT2D eigenvalue weighted by Gasteiger charge is 2.33. The predicted octanol–water partition coefficient (Wildman–Crippen LogP) is 2.37. The second-order valence-electron chi connectivity index (χ2n) is 6.13. The fourth-order valence-electron chi connectivity index (χ4n) is 2.05. The van der Waals surface area contributed by atoms with E-state index >= 15 is 0 Å². The van der Waals surface area contributed by atoms with Gasteiger partial charge in [0.1, 0.15) is 23.3 Å². The molecule has 0 amide bonds. The van der Waals surface area contributed by atoms with Gasteiger partial charge in [-0.15, -0.1) is 0 Å². The first-order chi connectivity index (χ1) is 11.7. The first-order valence-corrected chi connectivity index (χ1v) is 8.99. The summed E-state index contributed by atoms with van der Waals surface area (Å²) in [5.41, 5.74) is 0.404. The molecule has 0 heterocycles. The van der Waals surface area contributed by atoms with Crippen LogP contribution in [-0.4, -0.2) is 42.9 Å². The molecule has 0 aliphatic heterocycles. The molecule has 0 aromatic heterocycles. The molecule has 1 N–H and O–H groups in total. The van der Waals surface area contributed by atoms with E-state index in [-0.39, 0.29) is 6.61 Å². The first kappa shape index (κ1) is 21.2. The van der Waals surface area contributed by atoms with Crippen molar-refractivity contribution in [2.45, 2.75) is 38.5 Å². The van der Waals surface area contributed by atoms with E-state index in [1.807, 2.05) is 0 Å². The fraction of sp³-hybridized carbons (Fsp3) is 0.588. The van der Waals surface area contributed by atoms with Crippen LogP contribution in [0.25, 0.3) is 0 Å². The summed E-state index contributed by atoms with van der Waals surface area (Å²) in [6.07, 6.45) is 0. The maximum Gasteiger partial charge on any atom is 0.328 e. The molecule has 1 aromatic carbocycles. The Balaban J connectivity index is 3.48. The summed E-state index contributed by atoms with van der Waals surface area (Å²) in [5.74, 6) is 0.680. The van der Waals surface area contributed by atoms with Crippen LogP contribution in [0.1, 0.15) is 39.3 Å². The second kappa shape index (κ2) is 9.05. The van der Waals surface area contributed by atoms with Gasteiger partial charge in [-0.05, 0) is 27.7 Å². The molecule has 0 aliphatic rings. The van der Waals surface area contributed by atoms with Crippen LogP contribution in [0.4, 0.5) is 0 Å². The minimum atomic E-state index is -1.51. The molecule has 25 heavy (non-hydrogen) atoms. The minimum Gasteiger partial charge on any atom is -0.496 e. The molecule has 7 nitrogen and oxygen atoms in total. The number of hydrogen-bond donors (Lipinski definition) is 1. The number of esters is 1. The van der Waals surface area contributed by atoms with Crippen molar-refractivity contribution in [2.75, 3.05) is 27.9 Å². The minimum absolute atomic E-state index is 0.194. The Hall–Kier alpha value is -1.80. The Morgan fingerprint density at radius 1 is 1.12 bits per heavy atom. The van der Waals surface area contributed by atoms with Crippen LogP contribution >= 0.6 is 0 Å². The molecule has 0 spiro atoms. The molecule has 0 radical (unpaired) electrons. The summed E-state index contributed by atoms with van der Waals surface area (Å²) in [6.45, 7) is 7.32. The van der Waals surface area contributed by atoms with E-state index < -0.39 is 27.7 Å². The SMILES string of the molecule is CCOC(=O)[C@H](NS(=O)C(C)(C)C)c1c(OC)cc(OC)cc1OC. The Morgan fingerprint density at radius 2 is 1.64 bits per heavy atom. The molecule has 8 heteroatoms. The van der Waals surface area contributed by atoms with Crippen LogP contribution in [0.3, 0.4) is 0 Å². The number of carbonyl (C=O) groups is 1.